The molecule has 10 heteroatoms. The van der Waals surface area contributed by atoms with Crippen LogP contribution in [0.25, 0.3) is 0 Å². The van der Waals surface area contributed by atoms with Gasteiger partial charge in [0.15, 0.2) is 0 Å². The van der Waals surface area contributed by atoms with Gasteiger partial charge in [0.2, 0.25) is 20.0 Å². The van der Waals surface area contributed by atoms with Gasteiger partial charge < -0.3 is 5.73 Å². The standard InChI is InChI=1S/C10H16FN3O4S2/c1-19(15,16)13-5-2-6-14-20(17,18)8-3-4-9(11)10(12)7-8/h3-4,7,13-14H,2,5-6,12H2,1H3. The fourth-order valence-corrected chi connectivity index (χ4v) is 2.95. The van der Waals surface area contributed by atoms with Crippen molar-refractivity contribution >= 4 is 25.7 Å². The van der Waals surface area contributed by atoms with E-state index in [1.165, 1.54) is 0 Å². The Labute approximate surface area is 117 Å². The molecule has 7 nitrogen and oxygen atoms in total. The minimum Gasteiger partial charge on any atom is -0.396 e. The molecule has 0 heterocycles. The number of hydrogen-bond donors (Lipinski definition) is 3. The zero-order valence-electron chi connectivity index (χ0n) is 10.8. The van der Waals surface area contributed by atoms with Gasteiger partial charge in [-0.2, -0.15) is 0 Å². The van der Waals surface area contributed by atoms with Crippen LogP contribution in [-0.2, 0) is 20.0 Å². The molecule has 1 aromatic rings. The third-order valence-electron chi connectivity index (χ3n) is 2.29. The number of nitrogen functional groups attached to an aromatic ring is 1. The molecule has 0 saturated heterocycles. The van der Waals surface area contributed by atoms with Crippen molar-refractivity contribution in [3.05, 3.63) is 24.0 Å². The molecule has 0 aliphatic rings. The van der Waals surface area contributed by atoms with E-state index in [1.807, 2.05) is 0 Å². The number of sulfonamides is 2. The van der Waals surface area contributed by atoms with Crippen molar-refractivity contribution in [1.29, 1.82) is 0 Å². The van der Waals surface area contributed by atoms with E-state index in [4.69, 9.17) is 5.73 Å². The highest BCUT2D eigenvalue weighted by Crippen LogP contribution is 2.16. The molecule has 0 amide bonds. The van der Waals surface area contributed by atoms with Gasteiger partial charge in [0.05, 0.1) is 16.8 Å². The number of hydrogen-bond acceptors (Lipinski definition) is 5. The predicted molar refractivity (Wildman–Crippen MR) is 73.5 cm³/mol. The Hall–Kier alpha value is -1.23. The SMILES string of the molecule is CS(=O)(=O)NCCCNS(=O)(=O)c1ccc(F)c(N)c1. The maximum atomic E-state index is 12.9. The molecular formula is C10H16FN3O4S2. The zero-order valence-corrected chi connectivity index (χ0v) is 12.4. The second-order valence-corrected chi connectivity index (χ2v) is 7.70. The van der Waals surface area contributed by atoms with Crippen LogP contribution in [0.2, 0.25) is 0 Å². The summed E-state index contributed by atoms with van der Waals surface area (Å²) in [5.41, 5.74) is 5.04. The van der Waals surface area contributed by atoms with Crippen molar-refractivity contribution in [3.8, 4) is 0 Å². The number of anilines is 1. The summed E-state index contributed by atoms with van der Waals surface area (Å²) in [5, 5.41) is 0. The lowest BCUT2D eigenvalue weighted by Crippen LogP contribution is -2.29. The maximum Gasteiger partial charge on any atom is 0.240 e. The first-order valence-electron chi connectivity index (χ1n) is 5.61. The summed E-state index contributed by atoms with van der Waals surface area (Å²) in [6.45, 7) is 0.162. The Morgan fingerprint density at radius 2 is 1.75 bits per heavy atom. The first kappa shape index (κ1) is 16.8. The molecule has 20 heavy (non-hydrogen) atoms. The van der Waals surface area contributed by atoms with Gasteiger partial charge in [0, 0.05) is 13.1 Å². The Balaban J connectivity index is 2.56. The molecule has 1 aromatic carbocycles. The molecular weight excluding hydrogens is 309 g/mol. The highest BCUT2D eigenvalue weighted by atomic mass is 32.2. The minimum atomic E-state index is -3.79. The normalized spacial score (nSPS) is 12.5. The number of nitrogens with one attached hydrogen (secondary N) is 2. The van der Waals surface area contributed by atoms with Crippen LogP contribution in [0.15, 0.2) is 23.1 Å². The van der Waals surface area contributed by atoms with Gasteiger partial charge in [-0.25, -0.2) is 30.7 Å². The molecule has 1 rings (SSSR count). The van der Waals surface area contributed by atoms with Crippen molar-refractivity contribution in [2.24, 2.45) is 0 Å². The van der Waals surface area contributed by atoms with Gasteiger partial charge in [-0.3, -0.25) is 0 Å². The van der Waals surface area contributed by atoms with E-state index < -0.39 is 25.9 Å². The summed E-state index contributed by atoms with van der Waals surface area (Å²) in [6, 6.07) is 3.09. The van der Waals surface area contributed by atoms with E-state index in [0.717, 1.165) is 24.5 Å². The summed E-state index contributed by atoms with van der Waals surface area (Å²) in [6.07, 6.45) is 1.29. The molecule has 0 spiro atoms. The van der Waals surface area contributed by atoms with Crippen LogP contribution in [0.4, 0.5) is 10.1 Å². The Bertz CT molecular complexity index is 674. The van der Waals surface area contributed by atoms with Crippen LogP contribution in [0.5, 0.6) is 0 Å². The molecule has 0 aliphatic carbocycles. The summed E-state index contributed by atoms with van der Waals surface area (Å²) in [4.78, 5) is -0.146. The van der Waals surface area contributed by atoms with Crippen LogP contribution < -0.4 is 15.2 Å². The van der Waals surface area contributed by atoms with Gasteiger partial charge >= 0.3 is 0 Å². The third-order valence-corrected chi connectivity index (χ3v) is 4.47. The second-order valence-electron chi connectivity index (χ2n) is 4.10. The van der Waals surface area contributed by atoms with E-state index in [9.17, 15) is 21.2 Å². The number of benzene rings is 1. The summed E-state index contributed by atoms with van der Waals surface area (Å²) < 4.78 is 62.7. The quantitative estimate of drug-likeness (QED) is 0.467. The van der Waals surface area contributed by atoms with E-state index in [0.29, 0.717) is 0 Å². The van der Waals surface area contributed by atoms with Gasteiger partial charge in [-0.15, -0.1) is 0 Å². The van der Waals surface area contributed by atoms with Crippen molar-refractivity contribution in [2.45, 2.75) is 11.3 Å². The highest BCUT2D eigenvalue weighted by Gasteiger charge is 2.14. The van der Waals surface area contributed by atoms with E-state index >= 15 is 0 Å². The monoisotopic (exact) mass is 325 g/mol. The molecule has 0 unspecified atom stereocenters. The largest absolute Gasteiger partial charge is 0.396 e. The molecule has 0 aromatic heterocycles. The average Bonchev–Trinajstić information content (AvgIpc) is 2.30. The Kier molecular flexibility index (Phi) is 5.45. The fraction of sp³-hybridized carbons (Fsp3) is 0.400. The lowest BCUT2D eigenvalue weighted by atomic mass is 10.3. The fourth-order valence-electron chi connectivity index (χ4n) is 1.32. The van der Waals surface area contributed by atoms with Crippen LogP contribution >= 0.6 is 0 Å². The van der Waals surface area contributed by atoms with Crippen molar-refractivity contribution in [2.75, 3.05) is 25.1 Å². The van der Waals surface area contributed by atoms with Gasteiger partial charge in [-0.1, -0.05) is 0 Å². The second kappa shape index (κ2) is 6.48. The van der Waals surface area contributed by atoms with Crippen molar-refractivity contribution < 1.29 is 21.2 Å². The van der Waals surface area contributed by atoms with Gasteiger partial charge in [-0.05, 0) is 24.6 Å². The van der Waals surface area contributed by atoms with E-state index in [1.54, 1.807) is 0 Å². The number of halogens is 1. The molecule has 0 saturated carbocycles. The van der Waals surface area contributed by atoms with Crippen LogP contribution in [-0.4, -0.2) is 36.2 Å². The lowest BCUT2D eigenvalue weighted by molar-refractivity contribution is 0.574. The number of nitrogens with two attached hydrogens (primary N) is 1. The molecule has 0 atom stereocenters. The molecule has 0 radical (unpaired) electrons. The van der Waals surface area contributed by atoms with Crippen LogP contribution in [0, 0.1) is 5.82 Å². The minimum absolute atomic E-state index is 0.0438. The predicted octanol–water partition coefficient (Wildman–Crippen LogP) is -0.374. The highest BCUT2D eigenvalue weighted by molar-refractivity contribution is 7.89. The summed E-state index contributed by atoms with van der Waals surface area (Å²) in [5.74, 6) is -0.693. The summed E-state index contributed by atoms with van der Waals surface area (Å²) >= 11 is 0. The first-order valence-corrected chi connectivity index (χ1v) is 8.98. The lowest BCUT2D eigenvalue weighted by Gasteiger charge is -2.08. The van der Waals surface area contributed by atoms with Crippen molar-refractivity contribution in [1.82, 2.24) is 9.44 Å². The Morgan fingerprint density at radius 1 is 1.15 bits per heavy atom. The van der Waals surface area contributed by atoms with E-state index in [-0.39, 0.29) is 30.1 Å². The third kappa shape index (κ3) is 5.41. The van der Waals surface area contributed by atoms with Gasteiger partial charge in [0.1, 0.15) is 5.82 Å². The number of rotatable bonds is 7. The molecule has 4 N–H and O–H groups in total. The molecule has 0 bridgehead atoms. The molecule has 0 aliphatic heterocycles. The van der Waals surface area contributed by atoms with Crippen LogP contribution in [0.3, 0.4) is 0 Å². The van der Waals surface area contributed by atoms with E-state index in [2.05, 4.69) is 9.44 Å². The topological polar surface area (TPSA) is 118 Å². The zero-order chi connectivity index (χ0) is 15.4. The Morgan fingerprint density at radius 3 is 2.30 bits per heavy atom. The van der Waals surface area contributed by atoms with Crippen LogP contribution in [0.1, 0.15) is 6.42 Å². The maximum absolute atomic E-state index is 12.9. The smallest absolute Gasteiger partial charge is 0.240 e. The average molecular weight is 325 g/mol. The molecule has 114 valence electrons. The summed E-state index contributed by atoms with van der Waals surface area (Å²) in [7, 11) is -7.08. The van der Waals surface area contributed by atoms with Gasteiger partial charge in [0.25, 0.3) is 0 Å². The van der Waals surface area contributed by atoms with Crippen molar-refractivity contribution in [3.63, 3.8) is 0 Å². The first-order chi connectivity index (χ1) is 9.12. The molecule has 0 fully saturated rings.